The molecule has 0 fully saturated rings. The highest BCUT2D eigenvalue weighted by Gasteiger charge is 2.20. The molecule has 2 nitrogen and oxygen atoms in total. The van der Waals surface area contributed by atoms with Crippen molar-refractivity contribution in [2.45, 2.75) is 0 Å². The molecular weight excluding hydrogens is 534 g/mol. The van der Waals surface area contributed by atoms with Crippen molar-refractivity contribution in [3.8, 4) is 11.1 Å². The number of furan rings is 1. The van der Waals surface area contributed by atoms with Gasteiger partial charge in [-0.2, -0.15) is 0 Å². The Bertz CT molecular complexity index is 2490. The Hall–Kier alpha value is -5.86. The summed E-state index contributed by atoms with van der Waals surface area (Å²) < 4.78 is 6.75. The van der Waals surface area contributed by atoms with Gasteiger partial charge >= 0.3 is 0 Å². The maximum Gasteiger partial charge on any atom is 0.143 e. The zero-order valence-electron chi connectivity index (χ0n) is 23.9. The quantitative estimate of drug-likeness (QED) is 0.199. The van der Waals surface area contributed by atoms with E-state index < -0.39 is 0 Å². The molecule has 0 radical (unpaired) electrons. The van der Waals surface area contributed by atoms with E-state index in [1.165, 1.54) is 38.1 Å². The zero-order chi connectivity index (χ0) is 29.0. The molecule has 0 bridgehead atoms. The van der Waals surface area contributed by atoms with E-state index in [1.54, 1.807) is 0 Å². The molecule has 206 valence electrons. The van der Waals surface area contributed by atoms with Crippen LogP contribution in [0.4, 0.5) is 17.1 Å². The van der Waals surface area contributed by atoms with Crippen LogP contribution in [0.2, 0.25) is 0 Å². The number of hydrogen-bond acceptors (Lipinski definition) is 2. The van der Waals surface area contributed by atoms with Gasteiger partial charge in [0.25, 0.3) is 0 Å². The lowest BCUT2D eigenvalue weighted by molar-refractivity contribution is 0.673. The molecule has 0 amide bonds. The first-order chi connectivity index (χ1) is 21.8. The second-order valence-electron chi connectivity index (χ2n) is 11.3. The lowest BCUT2D eigenvalue weighted by atomic mass is 9.95. The molecule has 8 aromatic carbocycles. The van der Waals surface area contributed by atoms with Crippen molar-refractivity contribution in [1.29, 1.82) is 0 Å². The highest BCUT2D eigenvalue weighted by molar-refractivity contribution is 6.20. The minimum atomic E-state index is 0.874. The number of para-hydroxylation sites is 1. The molecule has 0 spiro atoms. The molecule has 0 aliphatic rings. The Balaban J connectivity index is 1.31. The SMILES string of the molecule is c1ccc(-c2cc3c4ccc(N(c5ccccc5)c5cc6ccccc6c6ccccc56)cc4oc3c3ccccc23)cc1. The number of hydrogen-bond donors (Lipinski definition) is 0. The van der Waals surface area contributed by atoms with Crippen molar-refractivity contribution in [2.24, 2.45) is 0 Å². The smallest absolute Gasteiger partial charge is 0.143 e. The van der Waals surface area contributed by atoms with Gasteiger partial charge in [0.15, 0.2) is 0 Å². The second kappa shape index (κ2) is 9.86. The van der Waals surface area contributed by atoms with E-state index in [-0.39, 0.29) is 0 Å². The standard InChI is InChI=1S/C42H27NO/c1-3-13-28(14-4-1)38-27-39-36-24-23-31(26-41(36)44-42(39)37-22-12-10-20-34(37)38)43(30-16-5-2-6-17-30)40-25-29-15-7-8-18-32(29)33-19-9-11-21-35(33)40/h1-27H. The average molecular weight is 562 g/mol. The monoisotopic (exact) mass is 561 g/mol. The van der Waals surface area contributed by atoms with Crippen LogP contribution < -0.4 is 4.90 Å². The molecule has 1 aromatic heterocycles. The van der Waals surface area contributed by atoms with Crippen molar-refractivity contribution < 1.29 is 4.42 Å². The maximum absolute atomic E-state index is 6.75. The van der Waals surface area contributed by atoms with Gasteiger partial charge in [-0.25, -0.2) is 0 Å². The third-order valence-electron chi connectivity index (χ3n) is 8.81. The van der Waals surface area contributed by atoms with E-state index in [0.29, 0.717) is 0 Å². The minimum Gasteiger partial charge on any atom is -0.455 e. The van der Waals surface area contributed by atoms with Gasteiger partial charge in [-0.05, 0) is 69.1 Å². The molecule has 2 heteroatoms. The molecule has 0 aliphatic heterocycles. The Morgan fingerprint density at radius 2 is 1.02 bits per heavy atom. The summed E-state index contributed by atoms with van der Waals surface area (Å²) >= 11 is 0. The van der Waals surface area contributed by atoms with Gasteiger partial charge in [0, 0.05) is 39.0 Å². The Labute approximate surface area is 255 Å². The lowest BCUT2D eigenvalue weighted by Gasteiger charge is -2.27. The van der Waals surface area contributed by atoms with Crippen LogP contribution in [0.25, 0.3) is 65.4 Å². The molecule has 0 saturated heterocycles. The zero-order valence-corrected chi connectivity index (χ0v) is 23.9. The first-order valence-electron chi connectivity index (χ1n) is 15.0. The first kappa shape index (κ1) is 24.7. The van der Waals surface area contributed by atoms with Crippen LogP contribution in [0.3, 0.4) is 0 Å². The van der Waals surface area contributed by atoms with E-state index in [2.05, 4.69) is 169 Å². The van der Waals surface area contributed by atoms with Gasteiger partial charge in [0.1, 0.15) is 11.2 Å². The van der Waals surface area contributed by atoms with E-state index in [1.807, 2.05) is 0 Å². The number of benzene rings is 8. The van der Waals surface area contributed by atoms with Gasteiger partial charge in [-0.1, -0.05) is 121 Å². The van der Waals surface area contributed by atoms with Crippen LogP contribution in [0.15, 0.2) is 168 Å². The van der Waals surface area contributed by atoms with Gasteiger partial charge in [0.05, 0.1) is 5.69 Å². The Morgan fingerprint density at radius 3 is 1.82 bits per heavy atom. The molecule has 9 aromatic rings. The normalized spacial score (nSPS) is 11.6. The van der Waals surface area contributed by atoms with Crippen LogP contribution in [0.1, 0.15) is 0 Å². The van der Waals surface area contributed by atoms with Crippen LogP contribution >= 0.6 is 0 Å². The topological polar surface area (TPSA) is 16.4 Å². The van der Waals surface area contributed by atoms with Gasteiger partial charge < -0.3 is 9.32 Å². The minimum absolute atomic E-state index is 0.874. The van der Waals surface area contributed by atoms with Crippen molar-refractivity contribution >= 4 is 71.3 Å². The highest BCUT2D eigenvalue weighted by atomic mass is 16.3. The maximum atomic E-state index is 6.75. The van der Waals surface area contributed by atoms with E-state index >= 15 is 0 Å². The summed E-state index contributed by atoms with van der Waals surface area (Å²) in [5.41, 5.74) is 7.51. The second-order valence-corrected chi connectivity index (χ2v) is 11.3. The van der Waals surface area contributed by atoms with Crippen molar-refractivity contribution in [3.05, 3.63) is 164 Å². The Kier molecular flexibility index (Phi) is 5.54. The summed E-state index contributed by atoms with van der Waals surface area (Å²) in [4.78, 5) is 2.36. The highest BCUT2D eigenvalue weighted by Crippen LogP contribution is 2.45. The number of rotatable bonds is 4. The fraction of sp³-hybridized carbons (Fsp3) is 0. The lowest BCUT2D eigenvalue weighted by Crippen LogP contribution is -2.10. The summed E-state index contributed by atoms with van der Waals surface area (Å²) in [5, 5.41) is 9.49. The first-order valence-corrected chi connectivity index (χ1v) is 15.0. The van der Waals surface area contributed by atoms with E-state index in [9.17, 15) is 0 Å². The molecule has 44 heavy (non-hydrogen) atoms. The van der Waals surface area contributed by atoms with Crippen LogP contribution in [0.5, 0.6) is 0 Å². The number of anilines is 3. The number of fused-ring (bicyclic) bond motifs is 8. The predicted molar refractivity (Wildman–Crippen MR) is 186 cm³/mol. The molecule has 0 unspecified atom stereocenters. The third-order valence-corrected chi connectivity index (χ3v) is 8.81. The molecule has 1 heterocycles. The van der Waals surface area contributed by atoms with Gasteiger partial charge in [-0.3, -0.25) is 0 Å². The van der Waals surface area contributed by atoms with Crippen LogP contribution in [-0.4, -0.2) is 0 Å². The number of nitrogens with zero attached hydrogens (tertiary/aromatic N) is 1. The Morgan fingerprint density at radius 1 is 0.386 bits per heavy atom. The largest absolute Gasteiger partial charge is 0.455 e. The van der Waals surface area contributed by atoms with Crippen LogP contribution in [0, 0.1) is 0 Å². The predicted octanol–water partition coefficient (Wildman–Crippen LogP) is 12.2. The summed E-state index contributed by atoms with van der Waals surface area (Å²) in [5.74, 6) is 0. The fourth-order valence-corrected chi connectivity index (χ4v) is 6.81. The van der Waals surface area contributed by atoms with Crippen LogP contribution in [-0.2, 0) is 0 Å². The van der Waals surface area contributed by atoms with Crippen molar-refractivity contribution in [1.82, 2.24) is 0 Å². The summed E-state index contributed by atoms with van der Waals surface area (Å²) in [6.07, 6.45) is 0. The molecule has 0 saturated carbocycles. The van der Waals surface area contributed by atoms with Gasteiger partial charge in [-0.15, -0.1) is 0 Å². The molecule has 9 rings (SSSR count). The van der Waals surface area contributed by atoms with Crippen molar-refractivity contribution in [2.75, 3.05) is 4.90 Å². The van der Waals surface area contributed by atoms with E-state index in [0.717, 1.165) is 44.4 Å². The summed E-state index contributed by atoms with van der Waals surface area (Å²) in [7, 11) is 0. The molecule has 0 atom stereocenters. The van der Waals surface area contributed by atoms with Crippen molar-refractivity contribution in [3.63, 3.8) is 0 Å². The average Bonchev–Trinajstić information content (AvgIpc) is 3.47. The molecular formula is C42H27NO. The molecule has 0 N–H and O–H groups in total. The van der Waals surface area contributed by atoms with E-state index in [4.69, 9.17) is 4.42 Å². The third kappa shape index (κ3) is 3.82. The molecule has 0 aliphatic carbocycles. The summed E-state index contributed by atoms with van der Waals surface area (Å²) in [6.45, 7) is 0. The van der Waals surface area contributed by atoms with Gasteiger partial charge in [0.2, 0.25) is 0 Å². The summed E-state index contributed by atoms with van der Waals surface area (Å²) in [6, 6.07) is 58.4. The fourth-order valence-electron chi connectivity index (χ4n) is 6.81.